The Kier molecular flexibility index (Phi) is 5.45. The van der Waals surface area contributed by atoms with Crippen molar-refractivity contribution in [2.24, 2.45) is 0 Å². The lowest BCUT2D eigenvalue weighted by atomic mass is 10.0. The van der Waals surface area contributed by atoms with Gasteiger partial charge in [-0.25, -0.2) is 4.39 Å². The van der Waals surface area contributed by atoms with Crippen LogP contribution in [0.5, 0.6) is 0 Å². The topological polar surface area (TPSA) is 9.23 Å². The third-order valence-electron chi connectivity index (χ3n) is 3.48. The van der Waals surface area contributed by atoms with E-state index in [0.717, 1.165) is 25.9 Å². The highest BCUT2D eigenvalue weighted by Gasteiger charge is 2.16. The standard InChI is InChI=1S/C15H20ClFO/c16-13(8-9-14-6-3-4-10-18-14)11-12-5-1-2-7-15(12)17/h1-2,5,7,13-14H,3-4,6,8-11H2. The smallest absolute Gasteiger partial charge is 0.126 e. The van der Waals surface area contributed by atoms with E-state index in [1.54, 1.807) is 6.07 Å². The van der Waals surface area contributed by atoms with Crippen molar-refractivity contribution >= 4 is 11.6 Å². The minimum absolute atomic E-state index is 0.00701. The number of rotatable bonds is 5. The quantitative estimate of drug-likeness (QED) is 0.724. The van der Waals surface area contributed by atoms with Gasteiger partial charge in [-0.1, -0.05) is 18.2 Å². The van der Waals surface area contributed by atoms with Crippen LogP contribution in [0.4, 0.5) is 4.39 Å². The Hall–Kier alpha value is -0.600. The SMILES string of the molecule is Fc1ccccc1CC(Cl)CCC1CCCCO1. The van der Waals surface area contributed by atoms with E-state index < -0.39 is 0 Å². The van der Waals surface area contributed by atoms with Crippen LogP contribution in [0.3, 0.4) is 0 Å². The van der Waals surface area contributed by atoms with Crippen molar-refractivity contribution in [2.45, 2.75) is 50.0 Å². The summed E-state index contributed by atoms with van der Waals surface area (Å²) in [6, 6.07) is 6.86. The van der Waals surface area contributed by atoms with Crippen molar-refractivity contribution in [1.29, 1.82) is 0 Å². The summed E-state index contributed by atoms with van der Waals surface area (Å²) in [5.74, 6) is -0.155. The van der Waals surface area contributed by atoms with Gasteiger partial charge in [0.1, 0.15) is 5.82 Å². The summed E-state index contributed by atoms with van der Waals surface area (Å²) in [5.41, 5.74) is 0.710. The molecule has 1 nitrogen and oxygen atoms in total. The molecule has 0 aromatic heterocycles. The summed E-state index contributed by atoms with van der Waals surface area (Å²) in [6.07, 6.45) is 6.41. The second kappa shape index (κ2) is 7.10. The maximum Gasteiger partial charge on any atom is 0.126 e. The van der Waals surface area contributed by atoms with E-state index in [9.17, 15) is 4.39 Å². The maximum atomic E-state index is 13.5. The van der Waals surface area contributed by atoms with Crippen LogP contribution in [-0.4, -0.2) is 18.1 Å². The summed E-state index contributed by atoms with van der Waals surface area (Å²) in [6.45, 7) is 0.880. The molecule has 1 aliphatic heterocycles. The lowest BCUT2D eigenvalue weighted by Crippen LogP contribution is -2.20. The zero-order chi connectivity index (χ0) is 12.8. The van der Waals surface area contributed by atoms with E-state index in [2.05, 4.69) is 0 Å². The molecule has 0 spiro atoms. The number of hydrogen-bond donors (Lipinski definition) is 0. The van der Waals surface area contributed by atoms with Gasteiger partial charge in [0.25, 0.3) is 0 Å². The van der Waals surface area contributed by atoms with Gasteiger partial charge in [-0.2, -0.15) is 0 Å². The molecule has 0 radical (unpaired) electrons. The van der Waals surface area contributed by atoms with Crippen LogP contribution in [0.1, 0.15) is 37.7 Å². The largest absolute Gasteiger partial charge is 0.378 e. The average Bonchev–Trinajstić information content (AvgIpc) is 2.40. The van der Waals surface area contributed by atoms with Gasteiger partial charge in [0.15, 0.2) is 0 Å². The maximum absolute atomic E-state index is 13.5. The molecule has 3 heteroatoms. The Labute approximate surface area is 113 Å². The Morgan fingerprint density at radius 1 is 1.33 bits per heavy atom. The molecule has 0 bridgehead atoms. The van der Waals surface area contributed by atoms with E-state index in [-0.39, 0.29) is 11.2 Å². The summed E-state index contributed by atoms with van der Waals surface area (Å²) in [5, 5.41) is -0.00701. The fourth-order valence-electron chi connectivity index (χ4n) is 2.41. The average molecular weight is 271 g/mol. The van der Waals surface area contributed by atoms with Gasteiger partial charge in [-0.15, -0.1) is 11.6 Å². The van der Waals surface area contributed by atoms with Crippen LogP contribution < -0.4 is 0 Å². The normalized spacial score (nSPS) is 21.8. The number of benzene rings is 1. The molecule has 1 aliphatic rings. The molecule has 0 N–H and O–H groups in total. The highest BCUT2D eigenvalue weighted by atomic mass is 35.5. The fraction of sp³-hybridized carbons (Fsp3) is 0.600. The Morgan fingerprint density at radius 2 is 2.17 bits per heavy atom. The predicted octanol–water partition coefficient (Wildman–Crippen LogP) is 4.32. The Balaban J connectivity index is 1.74. The van der Waals surface area contributed by atoms with Gasteiger partial charge in [-0.05, 0) is 50.2 Å². The van der Waals surface area contributed by atoms with E-state index in [0.29, 0.717) is 18.1 Å². The van der Waals surface area contributed by atoms with Crippen LogP contribution in [0.25, 0.3) is 0 Å². The second-order valence-corrected chi connectivity index (χ2v) is 5.58. The monoisotopic (exact) mass is 270 g/mol. The van der Waals surface area contributed by atoms with Crippen molar-refractivity contribution in [3.8, 4) is 0 Å². The molecular formula is C15H20ClFO. The van der Waals surface area contributed by atoms with Crippen molar-refractivity contribution in [2.75, 3.05) is 6.61 Å². The Bertz CT molecular complexity index is 363. The van der Waals surface area contributed by atoms with Gasteiger partial charge in [-0.3, -0.25) is 0 Å². The van der Waals surface area contributed by atoms with Crippen molar-refractivity contribution < 1.29 is 9.13 Å². The molecule has 1 fully saturated rings. The first-order valence-electron chi connectivity index (χ1n) is 6.75. The molecule has 1 saturated heterocycles. The third kappa shape index (κ3) is 4.25. The lowest BCUT2D eigenvalue weighted by Gasteiger charge is -2.23. The fourth-order valence-corrected chi connectivity index (χ4v) is 2.70. The van der Waals surface area contributed by atoms with Crippen molar-refractivity contribution in [3.05, 3.63) is 35.6 Å². The van der Waals surface area contributed by atoms with Crippen LogP contribution in [0.15, 0.2) is 24.3 Å². The highest BCUT2D eigenvalue weighted by Crippen LogP contribution is 2.21. The van der Waals surface area contributed by atoms with Crippen LogP contribution >= 0.6 is 11.6 Å². The van der Waals surface area contributed by atoms with E-state index in [4.69, 9.17) is 16.3 Å². The van der Waals surface area contributed by atoms with Crippen molar-refractivity contribution in [3.63, 3.8) is 0 Å². The van der Waals surface area contributed by atoms with E-state index >= 15 is 0 Å². The zero-order valence-electron chi connectivity index (χ0n) is 10.6. The number of hydrogen-bond acceptors (Lipinski definition) is 1. The molecule has 1 aromatic rings. The first-order valence-corrected chi connectivity index (χ1v) is 7.18. The molecule has 1 heterocycles. The van der Waals surface area contributed by atoms with Gasteiger partial charge < -0.3 is 4.74 Å². The molecular weight excluding hydrogens is 251 g/mol. The summed E-state index contributed by atoms with van der Waals surface area (Å²) in [4.78, 5) is 0. The van der Waals surface area contributed by atoms with Crippen LogP contribution in [0, 0.1) is 5.82 Å². The van der Waals surface area contributed by atoms with E-state index in [1.165, 1.54) is 18.9 Å². The first kappa shape index (κ1) is 13.8. The molecule has 18 heavy (non-hydrogen) atoms. The second-order valence-electron chi connectivity index (χ2n) is 4.96. The highest BCUT2D eigenvalue weighted by molar-refractivity contribution is 6.20. The molecule has 0 saturated carbocycles. The van der Waals surface area contributed by atoms with Gasteiger partial charge in [0.2, 0.25) is 0 Å². The van der Waals surface area contributed by atoms with Crippen LogP contribution in [-0.2, 0) is 11.2 Å². The summed E-state index contributed by atoms with van der Waals surface area (Å²) < 4.78 is 19.1. The zero-order valence-corrected chi connectivity index (χ0v) is 11.3. The van der Waals surface area contributed by atoms with Crippen LogP contribution in [0.2, 0.25) is 0 Å². The van der Waals surface area contributed by atoms with Crippen molar-refractivity contribution in [1.82, 2.24) is 0 Å². The number of halogens is 2. The number of ether oxygens (including phenoxy) is 1. The summed E-state index contributed by atoms with van der Waals surface area (Å²) in [7, 11) is 0. The molecule has 100 valence electrons. The lowest BCUT2D eigenvalue weighted by molar-refractivity contribution is 0.0100. The minimum atomic E-state index is -0.155. The molecule has 2 rings (SSSR count). The minimum Gasteiger partial charge on any atom is -0.378 e. The predicted molar refractivity (Wildman–Crippen MR) is 72.6 cm³/mol. The van der Waals surface area contributed by atoms with Gasteiger partial charge in [0.05, 0.1) is 6.10 Å². The third-order valence-corrected chi connectivity index (χ3v) is 3.85. The molecule has 2 unspecified atom stereocenters. The Morgan fingerprint density at radius 3 is 2.89 bits per heavy atom. The van der Waals surface area contributed by atoms with E-state index in [1.807, 2.05) is 12.1 Å². The molecule has 0 amide bonds. The first-order chi connectivity index (χ1) is 8.75. The molecule has 2 atom stereocenters. The van der Waals surface area contributed by atoms with Gasteiger partial charge in [0, 0.05) is 12.0 Å². The van der Waals surface area contributed by atoms with Gasteiger partial charge >= 0.3 is 0 Å². The number of alkyl halides is 1. The summed E-state index contributed by atoms with van der Waals surface area (Å²) >= 11 is 6.28. The molecule has 0 aliphatic carbocycles. The molecule has 1 aromatic carbocycles.